The van der Waals surface area contributed by atoms with Crippen LogP contribution >= 0.6 is 11.8 Å². The number of hydrogen-bond acceptors (Lipinski definition) is 5. The Labute approximate surface area is 128 Å². The molecule has 110 valence electrons. The van der Waals surface area contributed by atoms with Gasteiger partial charge in [-0.2, -0.15) is 0 Å². The SMILES string of the molecule is CC(C(=O)NN)c1ccc(CSc2ccc(N)cn2)cc1. The molecule has 0 aliphatic rings. The zero-order valence-corrected chi connectivity index (χ0v) is 12.6. The maximum atomic E-state index is 11.5. The molecule has 0 aliphatic heterocycles. The van der Waals surface area contributed by atoms with Crippen LogP contribution in [0.3, 0.4) is 0 Å². The Morgan fingerprint density at radius 1 is 1.29 bits per heavy atom. The molecule has 5 nitrogen and oxygen atoms in total. The second-order valence-electron chi connectivity index (χ2n) is 4.69. The van der Waals surface area contributed by atoms with Crippen LogP contribution in [0.25, 0.3) is 0 Å². The number of aromatic nitrogens is 1. The van der Waals surface area contributed by atoms with Crippen molar-refractivity contribution >= 4 is 23.4 Å². The van der Waals surface area contributed by atoms with Crippen molar-refractivity contribution in [1.82, 2.24) is 10.4 Å². The Kier molecular flexibility index (Phi) is 5.19. The standard InChI is InChI=1S/C15H18N4OS/c1-10(15(20)19-17)12-4-2-11(3-5-12)9-21-14-7-6-13(16)8-18-14/h2-8,10H,9,16-17H2,1H3,(H,19,20). The van der Waals surface area contributed by atoms with Gasteiger partial charge in [-0.1, -0.05) is 24.3 Å². The highest BCUT2D eigenvalue weighted by Gasteiger charge is 2.13. The molecule has 1 unspecified atom stereocenters. The Hall–Kier alpha value is -2.05. The topological polar surface area (TPSA) is 94.0 Å². The first kappa shape index (κ1) is 15.3. The predicted molar refractivity (Wildman–Crippen MR) is 85.4 cm³/mol. The minimum Gasteiger partial charge on any atom is -0.397 e. The molecular formula is C15H18N4OS. The minimum atomic E-state index is -0.254. The molecule has 0 aliphatic carbocycles. The average Bonchev–Trinajstić information content (AvgIpc) is 2.53. The van der Waals surface area contributed by atoms with E-state index in [9.17, 15) is 4.79 Å². The molecule has 0 radical (unpaired) electrons. The number of anilines is 1. The van der Waals surface area contributed by atoms with Crippen LogP contribution in [0, 0.1) is 0 Å². The minimum absolute atomic E-state index is 0.191. The number of nitrogen functional groups attached to an aromatic ring is 1. The van der Waals surface area contributed by atoms with Gasteiger partial charge in [0.2, 0.25) is 5.91 Å². The maximum Gasteiger partial charge on any atom is 0.241 e. The molecule has 21 heavy (non-hydrogen) atoms. The van der Waals surface area contributed by atoms with Gasteiger partial charge < -0.3 is 5.73 Å². The lowest BCUT2D eigenvalue weighted by Gasteiger charge is -2.10. The van der Waals surface area contributed by atoms with Gasteiger partial charge in [0.05, 0.1) is 22.8 Å². The van der Waals surface area contributed by atoms with Crippen molar-refractivity contribution in [2.24, 2.45) is 5.84 Å². The number of carbonyl (C=O) groups is 1. The quantitative estimate of drug-likeness (QED) is 0.340. The molecule has 2 aromatic rings. The molecule has 1 amide bonds. The van der Waals surface area contributed by atoms with E-state index < -0.39 is 0 Å². The molecule has 5 N–H and O–H groups in total. The van der Waals surface area contributed by atoms with E-state index in [1.807, 2.05) is 43.3 Å². The van der Waals surface area contributed by atoms with Gasteiger partial charge in [0.25, 0.3) is 0 Å². The third kappa shape index (κ3) is 4.21. The van der Waals surface area contributed by atoms with E-state index in [1.165, 1.54) is 5.56 Å². The highest BCUT2D eigenvalue weighted by Crippen LogP contribution is 2.23. The fourth-order valence-electron chi connectivity index (χ4n) is 1.81. The second kappa shape index (κ2) is 7.10. The van der Waals surface area contributed by atoms with E-state index >= 15 is 0 Å². The van der Waals surface area contributed by atoms with Crippen LogP contribution in [0.2, 0.25) is 0 Å². The first-order chi connectivity index (χ1) is 10.1. The van der Waals surface area contributed by atoms with Gasteiger partial charge in [-0.25, -0.2) is 10.8 Å². The number of nitrogens with one attached hydrogen (secondary N) is 1. The zero-order valence-electron chi connectivity index (χ0n) is 11.7. The van der Waals surface area contributed by atoms with Gasteiger partial charge in [-0.3, -0.25) is 10.2 Å². The number of rotatable bonds is 5. The van der Waals surface area contributed by atoms with E-state index in [4.69, 9.17) is 11.6 Å². The van der Waals surface area contributed by atoms with E-state index in [0.717, 1.165) is 16.3 Å². The highest BCUT2D eigenvalue weighted by atomic mass is 32.2. The fourth-order valence-corrected chi connectivity index (χ4v) is 2.61. The summed E-state index contributed by atoms with van der Waals surface area (Å²) in [5, 5.41) is 0.934. The summed E-state index contributed by atoms with van der Waals surface area (Å²) < 4.78 is 0. The molecule has 1 aromatic heterocycles. The van der Waals surface area contributed by atoms with Crippen molar-refractivity contribution in [1.29, 1.82) is 0 Å². The molecule has 0 fully saturated rings. The highest BCUT2D eigenvalue weighted by molar-refractivity contribution is 7.98. The fraction of sp³-hybridized carbons (Fsp3) is 0.200. The summed E-state index contributed by atoms with van der Waals surface area (Å²) in [4.78, 5) is 15.7. The third-order valence-corrected chi connectivity index (χ3v) is 4.18. The monoisotopic (exact) mass is 302 g/mol. The number of nitrogens with zero attached hydrogens (tertiary/aromatic N) is 1. The summed E-state index contributed by atoms with van der Waals surface area (Å²) in [5.41, 5.74) is 10.5. The van der Waals surface area contributed by atoms with Crippen molar-refractivity contribution in [3.8, 4) is 0 Å². The van der Waals surface area contributed by atoms with Crippen molar-refractivity contribution in [3.05, 3.63) is 53.7 Å². The van der Waals surface area contributed by atoms with Crippen LogP contribution in [0.1, 0.15) is 24.0 Å². The molecule has 2 rings (SSSR count). The van der Waals surface area contributed by atoms with Crippen LogP contribution in [-0.4, -0.2) is 10.9 Å². The predicted octanol–water partition coefficient (Wildman–Crippen LogP) is 2.05. The van der Waals surface area contributed by atoms with Crippen molar-refractivity contribution in [2.75, 3.05) is 5.73 Å². The molecule has 0 saturated heterocycles. The Bertz CT molecular complexity index is 598. The van der Waals surface area contributed by atoms with Crippen molar-refractivity contribution < 1.29 is 4.79 Å². The van der Waals surface area contributed by atoms with Crippen molar-refractivity contribution in [3.63, 3.8) is 0 Å². The Morgan fingerprint density at radius 2 is 2.00 bits per heavy atom. The number of carbonyl (C=O) groups excluding carboxylic acids is 1. The molecular weight excluding hydrogens is 284 g/mol. The maximum absolute atomic E-state index is 11.5. The number of hydrazine groups is 1. The number of hydrogen-bond donors (Lipinski definition) is 3. The van der Waals surface area contributed by atoms with E-state index in [-0.39, 0.29) is 11.8 Å². The number of pyridine rings is 1. The van der Waals surface area contributed by atoms with E-state index in [2.05, 4.69) is 10.4 Å². The smallest absolute Gasteiger partial charge is 0.241 e. The van der Waals surface area contributed by atoms with Gasteiger partial charge in [0, 0.05) is 5.75 Å². The van der Waals surface area contributed by atoms with Gasteiger partial charge in [0.1, 0.15) is 0 Å². The second-order valence-corrected chi connectivity index (χ2v) is 5.69. The average molecular weight is 302 g/mol. The number of benzene rings is 1. The van der Waals surface area contributed by atoms with E-state index in [1.54, 1.807) is 18.0 Å². The van der Waals surface area contributed by atoms with Crippen LogP contribution in [0.15, 0.2) is 47.6 Å². The van der Waals surface area contributed by atoms with E-state index in [0.29, 0.717) is 5.69 Å². The van der Waals surface area contributed by atoms with Gasteiger partial charge in [-0.05, 0) is 30.2 Å². The molecule has 1 heterocycles. The summed E-state index contributed by atoms with van der Waals surface area (Å²) in [6.45, 7) is 1.82. The lowest BCUT2D eigenvalue weighted by atomic mass is 10.00. The van der Waals surface area contributed by atoms with Crippen LogP contribution in [0.4, 0.5) is 5.69 Å². The molecule has 0 spiro atoms. The summed E-state index contributed by atoms with van der Waals surface area (Å²) in [5.74, 6) is 5.51. The van der Waals surface area contributed by atoms with Gasteiger partial charge >= 0.3 is 0 Å². The molecule has 0 saturated carbocycles. The zero-order chi connectivity index (χ0) is 15.2. The van der Waals surface area contributed by atoms with Crippen LogP contribution in [-0.2, 0) is 10.5 Å². The summed E-state index contributed by atoms with van der Waals surface area (Å²) in [6, 6.07) is 11.7. The normalized spacial score (nSPS) is 11.9. The van der Waals surface area contributed by atoms with Crippen molar-refractivity contribution in [2.45, 2.75) is 23.6 Å². The number of thioether (sulfide) groups is 1. The van der Waals surface area contributed by atoms with Gasteiger partial charge in [0.15, 0.2) is 0 Å². The molecule has 1 aromatic carbocycles. The molecule has 6 heteroatoms. The first-order valence-corrected chi connectivity index (χ1v) is 7.52. The Morgan fingerprint density at radius 3 is 2.57 bits per heavy atom. The summed E-state index contributed by atoms with van der Waals surface area (Å²) >= 11 is 1.64. The number of nitrogens with two attached hydrogens (primary N) is 2. The molecule has 0 bridgehead atoms. The van der Waals surface area contributed by atoms with Crippen LogP contribution < -0.4 is 17.0 Å². The molecule has 1 atom stereocenters. The summed E-state index contributed by atoms with van der Waals surface area (Å²) in [7, 11) is 0. The van der Waals surface area contributed by atoms with Crippen LogP contribution in [0.5, 0.6) is 0 Å². The number of amides is 1. The van der Waals surface area contributed by atoms with Gasteiger partial charge in [-0.15, -0.1) is 11.8 Å². The third-order valence-electron chi connectivity index (χ3n) is 3.16. The lowest BCUT2D eigenvalue weighted by molar-refractivity contribution is -0.122. The first-order valence-electron chi connectivity index (χ1n) is 6.54. The largest absolute Gasteiger partial charge is 0.397 e. The summed E-state index contributed by atoms with van der Waals surface area (Å²) in [6.07, 6.45) is 1.65. The Balaban J connectivity index is 1.96. The lowest BCUT2D eigenvalue weighted by Crippen LogP contribution is -2.33.